The normalized spacial score (nSPS) is 17.5. The minimum absolute atomic E-state index is 0.0561. The summed E-state index contributed by atoms with van der Waals surface area (Å²) in [6, 6.07) is 14.8. The van der Waals surface area contributed by atoms with Crippen molar-refractivity contribution in [2.24, 2.45) is 0 Å². The van der Waals surface area contributed by atoms with E-state index in [0.29, 0.717) is 33.8 Å². The number of rotatable bonds is 7. The number of ether oxygens (including phenoxy) is 1. The van der Waals surface area contributed by atoms with Gasteiger partial charge in [0.25, 0.3) is 5.91 Å². The van der Waals surface area contributed by atoms with Crippen molar-refractivity contribution < 1.29 is 18.7 Å². The quantitative estimate of drug-likeness (QED) is 0.521. The van der Waals surface area contributed by atoms with E-state index in [1.54, 1.807) is 22.8 Å². The summed E-state index contributed by atoms with van der Waals surface area (Å²) < 4.78 is 11.5. The lowest BCUT2D eigenvalue weighted by molar-refractivity contribution is -0.132. The van der Waals surface area contributed by atoms with Crippen LogP contribution in [0.25, 0.3) is 11.5 Å². The molecule has 5 rings (SSSR count). The largest absolute Gasteiger partial charge is 0.479 e. The Balaban J connectivity index is 1.28. The SMILES string of the molecule is CC1Oc2ccccc2N(CCC(=O)N(Cc2nnc(-c3ccccc3Cl)o2)C2CC2)C1=O. The van der Waals surface area contributed by atoms with E-state index in [4.69, 9.17) is 20.8 Å². The van der Waals surface area contributed by atoms with Crippen LogP contribution in [0.15, 0.2) is 52.9 Å². The third-order valence-electron chi connectivity index (χ3n) is 5.81. The lowest BCUT2D eigenvalue weighted by atomic mass is 10.1. The van der Waals surface area contributed by atoms with Crippen LogP contribution in [0, 0.1) is 0 Å². The average molecular weight is 467 g/mol. The van der Waals surface area contributed by atoms with Gasteiger partial charge in [0.15, 0.2) is 6.10 Å². The number of para-hydroxylation sites is 2. The summed E-state index contributed by atoms with van der Waals surface area (Å²) in [6.07, 6.45) is 1.48. The van der Waals surface area contributed by atoms with E-state index in [-0.39, 0.29) is 37.4 Å². The molecule has 8 nitrogen and oxygen atoms in total. The second kappa shape index (κ2) is 8.86. The van der Waals surface area contributed by atoms with Gasteiger partial charge in [-0.1, -0.05) is 35.9 Å². The number of aromatic nitrogens is 2. The van der Waals surface area contributed by atoms with Crippen LogP contribution in [0.3, 0.4) is 0 Å². The van der Waals surface area contributed by atoms with E-state index >= 15 is 0 Å². The maximum Gasteiger partial charge on any atom is 0.267 e. The molecule has 1 fully saturated rings. The smallest absolute Gasteiger partial charge is 0.267 e. The minimum atomic E-state index is -0.587. The van der Waals surface area contributed by atoms with Gasteiger partial charge in [0.1, 0.15) is 5.75 Å². The summed E-state index contributed by atoms with van der Waals surface area (Å²) in [5.74, 6) is 1.11. The highest BCUT2D eigenvalue weighted by Gasteiger charge is 2.35. The summed E-state index contributed by atoms with van der Waals surface area (Å²) >= 11 is 6.22. The molecular formula is C24H23ClN4O4. The van der Waals surface area contributed by atoms with Crippen LogP contribution in [0.5, 0.6) is 5.75 Å². The molecule has 2 amide bonds. The molecule has 2 aromatic carbocycles. The summed E-state index contributed by atoms with van der Waals surface area (Å²) in [7, 11) is 0. The van der Waals surface area contributed by atoms with Crippen molar-refractivity contribution in [2.75, 3.05) is 11.4 Å². The lowest BCUT2D eigenvalue weighted by Crippen LogP contribution is -2.46. The van der Waals surface area contributed by atoms with Gasteiger partial charge in [-0.05, 0) is 44.0 Å². The predicted octanol–water partition coefficient (Wildman–Crippen LogP) is 4.09. The molecule has 33 heavy (non-hydrogen) atoms. The van der Waals surface area contributed by atoms with Crippen LogP contribution >= 0.6 is 11.6 Å². The van der Waals surface area contributed by atoms with E-state index in [9.17, 15) is 9.59 Å². The molecule has 3 aromatic rings. The molecule has 2 aliphatic rings. The highest BCUT2D eigenvalue weighted by atomic mass is 35.5. The number of carbonyl (C=O) groups excluding carboxylic acids is 2. The zero-order valence-corrected chi connectivity index (χ0v) is 18.9. The van der Waals surface area contributed by atoms with E-state index in [1.807, 2.05) is 42.5 Å². The summed E-state index contributed by atoms with van der Waals surface area (Å²) in [5, 5.41) is 8.73. The molecule has 0 radical (unpaired) electrons. The van der Waals surface area contributed by atoms with E-state index < -0.39 is 6.10 Å². The zero-order chi connectivity index (χ0) is 22.9. The van der Waals surface area contributed by atoms with Gasteiger partial charge in [-0.3, -0.25) is 9.59 Å². The van der Waals surface area contributed by atoms with Gasteiger partial charge >= 0.3 is 0 Å². The molecule has 1 atom stereocenters. The first-order valence-corrected chi connectivity index (χ1v) is 11.3. The Morgan fingerprint density at radius 3 is 2.70 bits per heavy atom. The predicted molar refractivity (Wildman–Crippen MR) is 122 cm³/mol. The third kappa shape index (κ3) is 4.43. The van der Waals surface area contributed by atoms with Crippen molar-refractivity contribution in [3.8, 4) is 17.2 Å². The van der Waals surface area contributed by atoms with Gasteiger partial charge < -0.3 is 19.0 Å². The Morgan fingerprint density at radius 1 is 1.15 bits per heavy atom. The first kappa shape index (κ1) is 21.5. The van der Waals surface area contributed by atoms with E-state index in [2.05, 4.69) is 10.2 Å². The number of hydrogen-bond donors (Lipinski definition) is 0. The Hall–Kier alpha value is -3.39. The molecule has 0 bridgehead atoms. The van der Waals surface area contributed by atoms with Crippen LogP contribution < -0.4 is 9.64 Å². The van der Waals surface area contributed by atoms with Crippen LogP contribution in [0.4, 0.5) is 5.69 Å². The fourth-order valence-electron chi connectivity index (χ4n) is 3.95. The van der Waals surface area contributed by atoms with Crippen molar-refractivity contribution >= 4 is 29.1 Å². The fourth-order valence-corrected chi connectivity index (χ4v) is 4.17. The number of anilines is 1. The molecule has 0 N–H and O–H groups in total. The average Bonchev–Trinajstić information content (AvgIpc) is 3.55. The molecule has 1 aromatic heterocycles. The summed E-state index contributed by atoms with van der Waals surface area (Å²) in [4.78, 5) is 29.3. The van der Waals surface area contributed by atoms with Gasteiger partial charge in [-0.25, -0.2) is 0 Å². The number of halogens is 1. The van der Waals surface area contributed by atoms with Crippen LogP contribution in [0.1, 0.15) is 32.1 Å². The minimum Gasteiger partial charge on any atom is -0.479 e. The number of benzene rings is 2. The number of carbonyl (C=O) groups is 2. The third-order valence-corrected chi connectivity index (χ3v) is 6.14. The van der Waals surface area contributed by atoms with E-state index in [1.165, 1.54) is 0 Å². The van der Waals surface area contributed by atoms with Crippen LogP contribution in [-0.2, 0) is 16.1 Å². The molecule has 1 saturated carbocycles. The van der Waals surface area contributed by atoms with Crippen molar-refractivity contribution in [1.29, 1.82) is 0 Å². The zero-order valence-electron chi connectivity index (χ0n) is 18.1. The summed E-state index contributed by atoms with van der Waals surface area (Å²) in [6.45, 7) is 2.22. The Kier molecular flexibility index (Phi) is 5.76. The molecule has 1 unspecified atom stereocenters. The standard InChI is InChI=1S/C24H23ClN4O4/c1-15-24(31)28(19-8-4-5-9-20(19)32-15)13-12-22(30)29(16-10-11-16)14-21-26-27-23(33-21)17-6-2-3-7-18(17)25/h2-9,15-16H,10-14H2,1H3. The number of amides is 2. The van der Waals surface area contributed by atoms with Crippen molar-refractivity contribution in [3.63, 3.8) is 0 Å². The molecule has 170 valence electrons. The molecule has 0 saturated heterocycles. The number of nitrogens with zero attached hydrogens (tertiary/aromatic N) is 4. The molecule has 1 aliphatic carbocycles. The maximum absolute atomic E-state index is 13.1. The molecule has 0 spiro atoms. The highest BCUT2D eigenvalue weighted by molar-refractivity contribution is 6.33. The van der Waals surface area contributed by atoms with Gasteiger partial charge in [0, 0.05) is 19.0 Å². The molecular weight excluding hydrogens is 444 g/mol. The maximum atomic E-state index is 13.1. The second-order valence-electron chi connectivity index (χ2n) is 8.20. The van der Waals surface area contributed by atoms with Gasteiger partial charge in [-0.15, -0.1) is 10.2 Å². The lowest BCUT2D eigenvalue weighted by Gasteiger charge is -2.33. The van der Waals surface area contributed by atoms with Gasteiger partial charge in [0.05, 0.1) is 22.8 Å². The first-order valence-electron chi connectivity index (χ1n) is 10.9. The Bertz CT molecular complexity index is 1190. The van der Waals surface area contributed by atoms with Gasteiger partial charge in [0.2, 0.25) is 17.7 Å². The fraction of sp³-hybridized carbons (Fsp3) is 0.333. The van der Waals surface area contributed by atoms with Gasteiger partial charge in [-0.2, -0.15) is 0 Å². The Labute approximate surface area is 196 Å². The number of fused-ring (bicyclic) bond motifs is 1. The van der Waals surface area contributed by atoms with E-state index in [0.717, 1.165) is 12.8 Å². The molecule has 9 heteroatoms. The van der Waals surface area contributed by atoms with Crippen LogP contribution in [-0.4, -0.2) is 45.6 Å². The highest BCUT2D eigenvalue weighted by Crippen LogP contribution is 2.34. The summed E-state index contributed by atoms with van der Waals surface area (Å²) in [5.41, 5.74) is 1.34. The number of hydrogen-bond acceptors (Lipinski definition) is 6. The first-order chi connectivity index (χ1) is 16.0. The molecule has 2 heterocycles. The Morgan fingerprint density at radius 2 is 1.91 bits per heavy atom. The van der Waals surface area contributed by atoms with Crippen molar-refractivity contribution in [1.82, 2.24) is 15.1 Å². The topological polar surface area (TPSA) is 88.8 Å². The monoisotopic (exact) mass is 466 g/mol. The van der Waals surface area contributed by atoms with Crippen molar-refractivity contribution in [2.45, 2.75) is 44.9 Å². The second-order valence-corrected chi connectivity index (χ2v) is 8.61. The van der Waals surface area contributed by atoms with Crippen LogP contribution in [0.2, 0.25) is 5.02 Å². The molecule has 1 aliphatic heterocycles. The van der Waals surface area contributed by atoms with Crippen molar-refractivity contribution in [3.05, 3.63) is 59.4 Å².